The average molecular weight is 484 g/mol. The molecular formula is C18H12BrClN2O3S2. The number of hydrogen-bond acceptors (Lipinski definition) is 5. The van der Waals surface area contributed by atoms with E-state index in [1.54, 1.807) is 43.5 Å². The summed E-state index contributed by atoms with van der Waals surface area (Å²) in [5.41, 5.74) is 3.56. The van der Waals surface area contributed by atoms with Crippen molar-refractivity contribution >= 4 is 73.7 Å². The maximum absolute atomic E-state index is 12.6. The van der Waals surface area contributed by atoms with E-state index in [4.69, 9.17) is 28.6 Å². The maximum Gasteiger partial charge on any atom is 0.285 e. The number of ether oxygens (including phenoxy) is 1. The monoisotopic (exact) mass is 482 g/mol. The van der Waals surface area contributed by atoms with Gasteiger partial charge < -0.3 is 4.74 Å². The summed E-state index contributed by atoms with van der Waals surface area (Å²) in [4.78, 5) is 25.4. The molecular weight excluding hydrogens is 472 g/mol. The quantitative estimate of drug-likeness (QED) is 0.506. The van der Waals surface area contributed by atoms with E-state index < -0.39 is 11.8 Å². The van der Waals surface area contributed by atoms with Gasteiger partial charge in [0.2, 0.25) is 0 Å². The van der Waals surface area contributed by atoms with E-state index in [1.807, 2.05) is 12.1 Å². The number of hydrogen-bond donors (Lipinski definition) is 1. The number of amides is 2. The Hall–Kier alpha value is -1.87. The van der Waals surface area contributed by atoms with E-state index >= 15 is 0 Å². The van der Waals surface area contributed by atoms with Gasteiger partial charge in [-0.05, 0) is 64.1 Å². The number of nitrogens with one attached hydrogen (secondary N) is 1. The van der Waals surface area contributed by atoms with Crippen LogP contribution in [0.3, 0.4) is 0 Å². The van der Waals surface area contributed by atoms with Crippen LogP contribution in [0.1, 0.15) is 15.9 Å². The molecule has 1 N–H and O–H groups in total. The van der Waals surface area contributed by atoms with E-state index in [9.17, 15) is 9.59 Å². The first-order valence-electron chi connectivity index (χ1n) is 7.57. The Morgan fingerprint density at radius 2 is 2.07 bits per heavy atom. The van der Waals surface area contributed by atoms with Crippen molar-refractivity contribution in [3.8, 4) is 5.75 Å². The molecule has 0 atom stereocenters. The Labute approximate surface area is 178 Å². The Morgan fingerprint density at radius 3 is 2.74 bits per heavy atom. The Morgan fingerprint density at radius 1 is 1.33 bits per heavy atom. The highest BCUT2D eigenvalue weighted by Gasteiger charge is 2.34. The molecule has 2 aromatic rings. The maximum atomic E-state index is 12.6. The van der Waals surface area contributed by atoms with Crippen LogP contribution < -0.4 is 10.2 Å². The number of methoxy groups -OCH3 is 1. The number of thioether (sulfide) groups is 1. The Balaban J connectivity index is 1.80. The fourth-order valence-corrected chi connectivity index (χ4v) is 4.25. The van der Waals surface area contributed by atoms with Crippen molar-refractivity contribution < 1.29 is 14.3 Å². The molecule has 9 heteroatoms. The van der Waals surface area contributed by atoms with Crippen LogP contribution in [-0.4, -0.2) is 28.3 Å². The number of nitrogens with zero attached hydrogens (tertiary/aromatic N) is 1. The Kier molecular flexibility index (Phi) is 6.21. The number of carbonyl (C=O) groups excluding carboxylic acids is 2. The zero-order valence-corrected chi connectivity index (χ0v) is 17.8. The third-order valence-electron chi connectivity index (χ3n) is 3.60. The molecule has 5 nitrogen and oxygen atoms in total. The largest absolute Gasteiger partial charge is 0.496 e. The fourth-order valence-electron chi connectivity index (χ4n) is 2.29. The number of rotatable bonds is 4. The molecule has 0 radical (unpaired) electrons. The van der Waals surface area contributed by atoms with Crippen LogP contribution in [0.25, 0.3) is 6.08 Å². The standard InChI is InChI=1S/C18H12BrClN2O3S2/c1-25-14-7-6-10(8-12(14)19)9-15-17(24)22(18(26)27-15)21-16(23)11-4-2-3-5-13(11)20/h2-9H,1H3,(H,21,23)/b15-9+. The lowest BCUT2D eigenvalue weighted by Crippen LogP contribution is -2.44. The second-order valence-corrected chi connectivity index (χ2v) is 8.27. The third kappa shape index (κ3) is 4.35. The van der Waals surface area contributed by atoms with Gasteiger partial charge in [0.1, 0.15) is 5.75 Å². The number of halogens is 2. The zero-order valence-electron chi connectivity index (χ0n) is 13.9. The molecule has 1 aliphatic rings. The van der Waals surface area contributed by atoms with Gasteiger partial charge in [-0.15, -0.1) is 0 Å². The van der Waals surface area contributed by atoms with Gasteiger partial charge in [0.05, 0.1) is 27.1 Å². The topological polar surface area (TPSA) is 58.6 Å². The number of hydrazine groups is 1. The molecule has 0 bridgehead atoms. The first-order chi connectivity index (χ1) is 12.9. The molecule has 0 aromatic heterocycles. The lowest BCUT2D eigenvalue weighted by molar-refractivity contribution is -0.123. The highest BCUT2D eigenvalue weighted by atomic mass is 79.9. The van der Waals surface area contributed by atoms with Crippen molar-refractivity contribution in [2.24, 2.45) is 0 Å². The first-order valence-corrected chi connectivity index (χ1v) is 9.97. The van der Waals surface area contributed by atoms with Crippen molar-refractivity contribution in [2.45, 2.75) is 0 Å². The van der Waals surface area contributed by atoms with Crippen molar-refractivity contribution in [3.63, 3.8) is 0 Å². The third-order valence-corrected chi connectivity index (χ3v) is 5.85. The van der Waals surface area contributed by atoms with Gasteiger partial charge in [0, 0.05) is 0 Å². The SMILES string of the molecule is COc1ccc(/C=C2/SC(=S)N(NC(=O)c3ccccc3Cl)C2=O)cc1Br. The van der Waals surface area contributed by atoms with Gasteiger partial charge in [-0.1, -0.05) is 41.6 Å². The summed E-state index contributed by atoms with van der Waals surface area (Å²) in [5.74, 6) is -0.227. The minimum atomic E-state index is -0.509. The van der Waals surface area contributed by atoms with E-state index in [0.29, 0.717) is 15.7 Å². The minimum absolute atomic E-state index is 0.235. The van der Waals surface area contributed by atoms with Crippen LogP contribution in [-0.2, 0) is 4.79 Å². The molecule has 138 valence electrons. The summed E-state index contributed by atoms with van der Waals surface area (Å²) >= 11 is 15.8. The molecule has 2 aromatic carbocycles. The molecule has 3 rings (SSSR count). The van der Waals surface area contributed by atoms with E-state index in [0.717, 1.165) is 26.8 Å². The summed E-state index contributed by atoms with van der Waals surface area (Å²) < 4.78 is 6.19. The van der Waals surface area contributed by atoms with Crippen molar-refractivity contribution in [1.82, 2.24) is 10.4 Å². The van der Waals surface area contributed by atoms with Crippen LogP contribution in [0, 0.1) is 0 Å². The molecule has 1 fully saturated rings. The molecule has 0 aliphatic carbocycles. The van der Waals surface area contributed by atoms with Gasteiger partial charge in [-0.2, -0.15) is 5.01 Å². The highest BCUT2D eigenvalue weighted by Crippen LogP contribution is 2.33. The predicted molar refractivity (Wildman–Crippen MR) is 115 cm³/mol. The van der Waals surface area contributed by atoms with Crippen LogP contribution in [0.5, 0.6) is 5.75 Å². The lowest BCUT2D eigenvalue weighted by atomic mass is 10.2. The molecule has 1 aliphatic heterocycles. The van der Waals surface area contributed by atoms with Gasteiger partial charge in [0.15, 0.2) is 4.32 Å². The van der Waals surface area contributed by atoms with E-state index in [1.165, 1.54) is 0 Å². The smallest absolute Gasteiger partial charge is 0.285 e. The van der Waals surface area contributed by atoms with Crippen LogP contribution in [0.2, 0.25) is 5.02 Å². The van der Waals surface area contributed by atoms with Crippen LogP contribution in [0.15, 0.2) is 51.8 Å². The number of benzene rings is 2. The minimum Gasteiger partial charge on any atom is -0.496 e. The lowest BCUT2D eigenvalue weighted by Gasteiger charge is -2.16. The second-order valence-electron chi connectivity index (χ2n) is 5.33. The number of carbonyl (C=O) groups is 2. The van der Waals surface area contributed by atoms with E-state index in [-0.39, 0.29) is 9.88 Å². The molecule has 0 unspecified atom stereocenters. The summed E-state index contributed by atoms with van der Waals surface area (Å²) in [5, 5.41) is 1.34. The van der Waals surface area contributed by atoms with E-state index in [2.05, 4.69) is 21.4 Å². The second kappa shape index (κ2) is 8.43. The van der Waals surface area contributed by atoms with Crippen LogP contribution in [0.4, 0.5) is 0 Å². The summed E-state index contributed by atoms with van der Waals surface area (Å²) in [6.45, 7) is 0. The summed E-state index contributed by atoms with van der Waals surface area (Å²) in [6.07, 6.45) is 1.70. The van der Waals surface area contributed by atoms with Crippen LogP contribution >= 0.6 is 51.5 Å². The molecule has 1 heterocycles. The van der Waals surface area contributed by atoms with Crippen molar-refractivity contribution in [2.75, 3.05) is 7.11 Å². The summed E-state index contributed by atoms with van der Waals surface area (Å²) in [6, 6.07) is 12.0. The molecule has 0 saturated carbocycles. The highest BCUT2D eigenvalue weighted by molar-refractivity contribution is 9.10. The molecule has 2 amide bonds. The fraction of sp³-hybridized carbons (Fsp3) is 0.0556. The van der Waals surface area contributed by atoms with Crippen molar-refractivity contribution in [1.29, 1.82) is 0 Å². The van der Waals surface area contributed by atoms with Gasteiger partial charge in [-0.3, -0.25) is 15.0 Å². The van der Waals surface area contributed by atoms with Gasteiger partial charge in [0.25, 0.3) is 11.8 Å². The molecule has 27 heavy (non-hydrogen) atoms. The summed E-state index contributed by atoms with van der Waals surface area (Å²) in [7, 11) is 1.58. The molecule has 0 spiro atoms. The zero-order chi connectivity index (χ0) is 19.6. The van der Waals surface area contributed by atoms with Gasteiger partial charge >= 0.3 is 0 Å². The normalized spacial score (nSPS) is 15.4. The number of thiocarbonyl (C=S) groups is 1. The molecule has 1 saturated heterocycles. The average Bonchev–Trinajstić information content (AvgIpc) is 2.89. The first kappa shape index (κ1) is 19.9. The Bertz CT molecular complexity index is 981. The predicted octanol–water partition coefficient (Wildman–Crippen LogP) is 4.66. The van der Waals surface area contributed by atoms with Gasteiger partial charge in [-0.25, -0.2) is 0 Å². The van der Waals surface area contributed by atoms with Crippen molar-refractivity contribution in [3.05, 3.63) is 68.0 Å².